The second-order valence-electron chi connectivity index (χ2n) is 6.84. The number of nitrogens with one attached hydrogen (secondary N) is 1. The monoisotopic (exact) mass is 335 g/mol. The molecule has 3 rings (SSSR count). The molecule has 1 N–H and O–H groups in total. The van der Waals surface area contributed by atoms with Crippen molar-refractivity contribution in [3.05, 3.63) is 77.2 Å². The van der Waals surface area contributed by atoms with Gasteiger partial charge < -0.3 is 5.32 Å². The SMILES string of the molecule is CC(C)(C)c1ccc(NC(=O)c2ccc(-c3cccs3)cc2)cc1. The van der Waals surface area contributed by atoms with Crippen LogP contribution < -0.4 is 5.32 Å². The molecule has 3 aromatic rings. The molecule has 2 nitrogen and oxygen atoms in total. The molecule has 1 heterocycles. The van der Waals surface area contributed by atoms with Crippen molar-refractivity contribution in [1.82, 2.24) is 0 Å². The minimum Gasteiger partial charge on any atom is -0.322 e. The van der Waals surface area contributed by atoms with Gasteiger partial charge in [0.2, 0.25) is 0 Å². The molecule has 0 atom stereocenters. The van der Waals surface area contributed by atoms with E-state index in [1.165, 1.54) is 10.4 Å². The molecule has 0 spiro atoms. The smallest absolute Gasteiger partial charge is 0.255 e. The molecule has 3 heteroatoms. The van der Waals surface area contributed by atoms with Crippen molar-refractivity contribution < 1.29 is 4.79 Å². The van der Waals surface area contributed by atoms with Crippen LogP contribution in [-0.2, 0) is 5.41 Å². The van der Waals surface area contributed by atoms with Crippen LogP contribution in [0.1, 0.15) is 36.7 Å². The molecular formula is C21H21NOS. The van der Waals surface area contributed by atoms with Gasteiger partial charge in [0.25, 0.3) is 5.91 Å². The summed E-state index contributed by atoms with van der Waals surface area (Å²) in [7, 11) is 0. The fraction of sp³-hybridized carbons (Fsp3) is 0.190. The molecule has 0 saturated heterocycles. The number of carbonyl (C=O) groups excluding carboxylic acids is 1. The van der Waals surface area contributed by atoms with Crippen molar-refractivity contribution in [2.45, 2.75) is 26.2 Å². The van der Waals surface area contributed by atoms with E-state index >= 15 is 0 Å². The van der Waals surface area contributed by atoms with E-state index in [2.05, 4.69) is 49.7 Å². The average molecular weight is 335 g/mol. The van der Waals surface area contributed by atoms with Gasteiger partial charge in [0, 0.05) is 16.1 Å². The zero-order chi connectivity index (χ0) is 17.2. The minimum absolute atomic E-state index is 0.0868. The van der Waals surface area contributed by atoms with E-state index in [4.69, 9.17) is 0 Å². The summed E-state index contributed by atoms with van der Waals surface area (Å²) in [6, 6.07) is 19.9. The van der Waals surface area contributed by atoms with Crippen LogP contribution in [0.2, 0.25) is 0 Å². The third-order valence-electron chi connectivity index (χ3n) is 3.96. The average Bonchev–Trinajstić information content (AvgIpc) is 3.09. The molecule has 0 aliphatic heterocycles. The topological polar surface area (TPSA) is 29.1 Å². The minimum atomic E-state index is -0.0868. The van der Waals surface area contributed by atoms with Crippen LogP contribution in [0.3, 0.4) is 0 Å². The zero-order valence-corrected chi connectivity index (χ0v) is 15.0. The number of rotatable bonds is 3. The standard InChI is InChI=1S/C21H21NOS/c1-21(2,3)17-10-12-18(13-11-17)22-20(23)16-8-6-15(7-9-16)19-5-4-14-24-19/h4-14H,1-3H3,(H,22,23). The maximum Gasteiger partial charge on any atom is 0.255 e. The zero-order valence-electron chi connectivity index (χ0n) is 14.2. The van der Waals surface area contributed by atoms with Gasteiger partial charge in [0.15, 0.2) is 0 Å². The Kier molecular flexibility index (Phi) is 4.54. The second kappa shape index (κ2) is 6.62. The lowest BCUT2D eigenvalue weighted by Crippen LogP contribution is -2.13. The normalized spacial score (nSPS) is 11.3. The van der Waals surface area contributed by atoms with E-state index in [-0.39, 0.29) is 11.3 Å². The van der Waals surface area contributed by atoms with Crippen LogP contribution in [0.25, 0.3) is 10.4 Å². The Hall–Kier alpha value is -2.39. The van der Waals surface area contributed by atoms with E-state index < -0.39 is 0 Å². The number of benzene rings is 2. The second-order valence-corrected chi connectivity index (χ2v) is 7.78. The molecule has 0 saturated carbocycles. The molecule has 0 aliphatic rings. The van der Waals surface area contributed by atoms with Crippen LogP contribution in [0.15, 0.2) is 66.0 Å². The summed E-state index contributed by atoms with van der Waals surface area (Å²) >= 11 is 1.70. The van der Waals surface area contributed by atoms with Gasteiger partial charge in [0.1, 0.15) is 0 Å². The van der Waals surface area contributed by atoms with Crippen LogP contribution in [-0.4, -0.2) is 5.91 Å². The van der Waals surface area contributed by atoms with Crippen molar-refractivity contribution in [2.75, 3.05) is 5.32 Å². The highest BCUT2D eigenvalue weighted by Crippen LogP contribution is 2.26. The summed E-state index contributed by atoms with van der Waals surface area (Å²) in [6.07, 6.45) is 0. The first-order chi connectivity index (χ1) is 11.4. The summed E-state index contributed by atoms with van der Waals surface area (Å²) in [5.41, 5.74) is 3.97. The predicted octanol–water partition coefficient (Wildman–Crippen LogP) is 5.96. The number of thiophene rings is 1. The van der Waals surface area contributed by atoms with Gasteiger partial charge in [-0.25, -0.2) is 0 Å². The Morgan fingerprint density at radius 3 is 2.12 bits per heavy atom. The van der Waals surface area contributed by atoms with Gasteiger partial charge in [0.05, 0.1) is 0 Å². The third kappa shape index (κ3) is 3.74. The van der Waals surface area contributed by atoms with Crippen molar-refractivity contribution in [2.24, 2.45) is 0 Å². The van der Waals surface area contributed by atoms with E-state index in [0.29, 0.717) is 5.56 Å². The molecule has 24 heavy (non-hydrogen) atoms. The molecule has 0 radical (unpaired) electrons. The maximum atomic E-state index is 12.4. The number of anilines is 1. The first kappa shape index (κ1) is 16.5. The van der Waals surface area contributed by atoms with Crippen molar-refractivity contribution in [3.63, 3.8) is 0 Å². The van der Waals surface area contributed by atoms with Gasteiger partial charge in [-0.15, -0.1) is 11.3 Å². The van der Waals surface area contributed by atoms with Gasteiger partial charge in [-0.2, -0.15) is 0 Å². The molecule has 0 unspecified atom stereocenters. The summed E-state index contributed by atoms with van der Waals surface area (Å²) in [5.74, 6) is -0.0868. The molecule has 0 aliphatic carbocycles. The molecule has 1 aromatic heterocycles. The van der Waals surface area contributed by atoms with Crippen LogP contribution in [0.5, 0.6) is 0 Å². The summed E-state index contributed by atoms with van der Waals surface area (Å²) in [4.78, 5) is 13.6. The third-order valence-corrected chi connectivity index (χ3v) is 4.88. The summed E-state index contributed by atoms with van der Waals surface area (Å²) < 4.78 is 0. The highest BCUT2D eigenvalue weighted by Gasteiger charge is 2.13. The van der Waals surface area contributed by atoms with Gasteiger partial charge in [-0.05, 0) is 52.3 Å². The highest BCUT2D eigenvalue weighted by molar-refractivity contribution is 7.13. The van der Waals surface area contributed by atoms with Gasteiger partial charge in [-0.1, -0.05) is 51.1 Å². The van der Waals surface area contributed by atoms with Gasteiger partial charge in [-0.3, -0.25) is 4.79 Å². The maximum absolute atomic E-state index is 12.4. The Labute approximate surface area is 147 Å². The number of carbonyl (C=O) groups is 1. The Morgan fingerprint density at radius 2 is 1.58 bits per heavy atom. The molecular weight excluding hydrogens is 314 g/mol. The first-order valence-electron chi connectivity index (χ1n) is 7.99. The Bertz CT molecular complexity index is 810. The number of hydrogen-bond donors (Lipinski definition) is 1. The molecule has 0 fully saturated rings. The largest absolute Gasteiger partial charge is 0.322 e. The van der Waals surface area contributed by atoms with E-state index in [9.17, 15) is 4.79 Å². The molecule has 0 bridgehead atoms. The molecule has 1 amide bonds. The fourth-order valence-corrected chi connectivity index (χ4v) is 3.22. The molecule has 2 aromatic carbocycles. The van der Waals surface area contributed by atoms with Gasteiger partial charge >= 0.3 is 0 Å². The highest BCUT2D eigenvalue weighted by atomic mass is 32.1. The lowest BCUT2D eigenvalue weighted by Gasteiger charge is -2.19. The lowest BCUT2D eigenvalue weighted by atomic mass is 9.87. The molecule has 122 valence electrons. The summed E-state index contributed by atoms with van der Waals surface area (Å²) in [6.45, 7) is 6.53. The Morgan fingerprint density at radius 1 is 0.917 bits per heavy atom. The van der Waals surface area contributed by atoms with E-state index in [0.717, 1.165) is 11.3 Å². The summed E-state index contributed by atoms with van der Waals surface area (Å²) in [5, 5.41) is 5.01. The quantitative estimate of drug-likeness (QED) is 0.628. The predicted molar refractivity (Wildman–Crippen MR) is 103 cm³/mol. The van der Waals surface area contributed by atoms with Crippen molar-refractivity contribution in [3.8, 4) is 10.4 Å². The van der Waals surface area contributed by atoms with Crippen molar-refractivity contribution >= 4 is 22.9 Å². The Balaban J connectivity index is 1.71. The van der Waals surface area contributed by atoms with Crippen LogP contribution in [0.4, 0.5) is 5.69 Å². The van der Waals surface area contributed by atoms with Crippen LogP contribution in [0, 0.1) is 0 Å². The lowest BCUT2D eigenvalue weighted by molar-refractivity contribution is 0.102. The number of hydrogen-bond acceptors (Lipinski definition) is 2. The van der Waals surface area contributed by atoms with Crippen molar-refractivity contribution in [1.29, 1.82) is 0 Å². The fourth-order valence-electron chi connectivity index (χ4n) is 2.49. The van der Waals surface area contributed by atoms with E-state index in [1.807, 2.05) is 42.5 Å². The van der Waals surface area contributed by atoms with Crippen LogP contribution >= 0.6 is 11.3 Å². The first-order valence-corrected chi connectivity index (χ1v) is 8.87. The van der Waals surface area contributed by atoms with E-state index in [1.54, 1.807) is 11.3 Å². The number of amides is 1.